The van der Waals surface area contributed by atoms with Crippen molar-refractivity contribution in [1.29, 1.82) is 0 Å². The standard InChI is InChI=1S/C45H81O8P/c1-7-8-9-10-11-12-13-14-15-16-17-18-28-45(42(47)48,53-54(49,50)51)41(32-46)52-36-26-29-43(5)35(31-36)22-23-37-39-25-24-38(34(4)21-19-20-33(2)3)44(39,6)30-27-40(37)43/h22,33-34,36-41,46H,7-21,23-32H2,1-6H3,(H,47,48)(H2,49,50,51)/t34-,36?,37?,38-,39?,40?,41?,43+,44-,45?/m1/s1. The molecule has 314 valence electrons. The molecule has 0 aromatic rings. The summed E-state index contributed by atoms with van der Waals surface area (Å²) in [6.45, 7) is 13.8. The summed E-state index contributed by atoms with van der Waals surface area (Å²) in [4.78, 5) is 32.7. The zero-order valence-corrected chi connectivity index (χ0v) is 36.1. The Morgan fingerprint density at radius 1 is 0.870 bits per heavy atom. The van der Waals surface area contributed by atoms with Crippen LogP contribution in [-0.4, -0.2) is 50.4 Å². The van der Waals surface area contributed by atoms with E-state index >= 15 is 0 Å². The van der Waals surface area contributed by atoms with Crippen LogP contribution in [0.5, 0.6) is 0 Å². The number of hydrogen-bond donors (Lipinski definition) is 4. The van der Waals surface area contributed by atoms with Gasteiger partial charge in [-0.2, -0.15) is 0 Å². The third-order valence-corrected chi connectivity index (χ3v) is 15.9. The Labute approximate surface area is 329 Å². The van der Waals surface area contributed by atoms with Gasteiger partial charge in [-0.1, -0.05) is 143 Å². The van der Waals surface area contributed by atoms with Gasteiger partial charge in [0.15, 0.2) is 0 Å². The lowest BCUT2D eigenvalue weighted by atomic mass is 9.47. The minimum Gasteiger partial charge on any atom is -0.479 e. The van der Waals surface area contributed by atoms with Gasteiger partial charge < -0.3 is 24.7 Å². The van der Waals surface area contributed by atoms with Crippen LogP contribution in [-0.2, 0) is 18.6 Å². The van der Waals surface area contributed by atoms with E-state index in [0.29, 0.717) is 30.1 Å². The van der Waals surface area contributed by atoms with Crippen LogP contribution in [0.25, 0.3) is 0 Å². The molecule has 54 heavy (non-hydrogen) atoms. The molecule has 10 atom stereocenters. The van der Waals surface area contributed by atoms with Crippen molar-refractivity contribution in [2.45, 2.75) is 213 Å². The van der Waals surface area contributed by atoms with E-state index < -0.39 is 32.1 Å². The highest BCUT2D eigenvalue weighted by atomic mass is 31.2. The number of aliphatic hydroxyl groups is 1. The topological polar surface area (TPSA) is 134 Å². The highest BCUT2D eigenvalue weighted by Gasteiger charge is 2.60. The van der Waals surface area contributed by atoms with E-state index in [1.807, 2.05) is 0 Å². The highest BCUT2D eigenvalue weighted by molar-refractivity contribution is 7.46. The van der Waals surface area contributed by atoms with Crippen LogP contribution in [0.1, 0.15) is 196 Å². The molecule has 3 fully saturated rings. The van der Waals surface area contributed by atoms with Crippen molar-refractivity contribution in [3.8, 4) is 0 Å². The number of hydrogen-bond acceptors (Lipinski definition) is 5. The van der Waals surface area contributed by atoms with Crippen LogP contribution < -0.4 is 0 Å². The fraction of sp³-hybridized carbons (Fsp3) is 0.933. The molecule has 6 unspecified atom stereocenters. The minimum absolute atomic E-state index is 0.0706. The average molecular weight is 781 g/mol. The maximum atomic E-state index is 12.9. The van der Waals surface area contributed by atoms with Gasteiger partial charge in [-0.3, -0.25) is 4.52 Å². The van der Waals surface area contributed by atoms with E-state index in [9.17, 15) is 29.4 Å². The molecular formula is C45H81O8P. The van der Waals surface area contributed by atoms with Gasteiger partial charge in [0, 0.05) is 0 Å². The van der Waals surface area contributed by atoms with Crippen LogP contribution in [0, 0.1) is 46.3 Å². The summed E-state index contributed by atoms with van der Waals surface area (Å²) in [5, 5.41) is 21.1. The maximum absolute atomic E-state index is 12.9. The van der Waals surface area contributed by atoms with Gasteiger partial charge in [0.2, 0.25) is 5.60 Å². The van der Waals surface area contributed by atoms with Crippen molar-refractivity contribution in [2.24, 2.45) is 46.3 Å². The maximum Gasteiger partial charge on any atom is 0.470 e. The third-order valence-electron chi connectivity index (χ3n) is 15.3. The Morgan fingerprint density at radius 2 is 1.50 bits per heavy atom. The molecular weight excluding hydrogens is 699 g/mol. The molecule has 4 N–H and O–H groups in total. The fourth-order valence-corrected chi connectivity index (χ4v) is 13.0. The molecule has 3 saturated carbocycles. The smallest absolute Gasteiger partial charge is 0.470 e. The average Bonchev–Trinajstić information content (AvgIpc) is 3.47. The molecule has 4 aliphatic rings. The summed E-state index contributed by atoms with van der Waals surface area (Å²) in [7, 11) is -5.22. The summed E-state index contributed by atoms with van der Waals surface area (Å²) in [6, 6.07) is 0. The first-order valence-electron chi connectivity index (χ1n) is 22.6. The number of rotatable bonds is 25. The lowest BCUT2D eigenvalue weighted by Crippen LogP contribution is -2.56. The van der Waals surface area contributed by atoms with E-state index in [0.717, 1.165) is 68.6 Å². The number of ether oxygens (including phenoxy) is 1. The van der Waals surface area contributed by atoms with Crippen LogP contribution in [0.15, 0.2) is 11.6 Å². The Morgan fingerprint density at radius 3 is 2.07 bits per heavy atom. The van der Waals surface area contributed by atoms with E-state index in [2.05, 4.69) is 47.6 Å². The summed E-state index contributed by atoms with van der Waals surface area (Å²) in [6.07, 6.45) is 26.4. The zero-order chi connectivity index (χ0) is 39.6. The molecule has 4 rings (SSSR count). The molecule has 0 radical (unpaired) electrons. The second-order valence-electron chi connectivity index (χ2n) is 19.4. The number of phosphoric ester groups is 1. The van der Waals surface area contributed by atoms with Crippen molar-refractivity contribution in [2.75, 3.05) is 6.61 Å². The Balaban J connectivity index is 1.36. The van der Waals surface area contributed by atoms with Gasteiger partial charge in [-0.25, -0.2) is 9.36 Å². The van der Waals surface area contributed by atoms with Gasteiger partial charge in [-0.15, -0.1) is 0 Å². The second kappa shape index (κ2) is 20.8. The molecule has 0 aromatic carbocycles. The van der Waals surface area contributed by atoms with Gasteiger partial charge in [0.25, 0.3) is 0 Å². The first-order valence-corrected chi connectivity index (χ1v) is 24.1. The number of allylic oxidation sites excluding steroid dienone is 1. The van der Waals surface area contributed by atoms with E-state index in [1.54, 1.807) is 0 Å². The molecule has 4 aliphatic carbocycles. The minimum atomic E-state index is -5.22. The first-order chi connectivity index (χ1) is 25.6. The zero-order valence-electron chi connectivity index (χ0n) is 35.2. The second-order valence-corrected chi connectivity index (χ2v) is 20.5. The number of phosphoric acid groups is 1. The van der Waals surface area contributed by atoms with E-state index in [1.165, 1.54) is 95.5 Å². The Kier molecular flexibility index (Phi) is 17.7. The van der Waals surface area contributed by atoms with E-state index in [-0.39, 0.29) is 17.9 Å². The summed E-state index contributed by atoms with van der Waals surface area (Å²) >= 11 is 0. The predicted octanol–water partition coefficient (Wildman–Crippen LogP) is 11.8. The summed E-state index contributed by atoms with van der Waals surface area (Å²) < 4.78 is 23.8. The first kappa shape index (κ1) is 45.9. The van der Waals surface area contributed by atoms with Gasteiger partial charge in [0.05, 0.1) is 12.7 Å². The molecule has 8 nitrogen and oxygen atoms in total. The Bertz CT molecular complexity index is 1230. The fourth-order valence-electron chi connectivity index (χ4n) is 12.3. The molecule has 0 amide bonds. The molecule has 9 heteroatoms. The van der Waals surface area contributed by atoms with Crippen LogP contribution >= 0.6 is 7.82 Å². The lowest BCUT2D eigenvalue weighted by Gasteiger charge is -2.58. The molecule has 0 saturated heterocycles. The SMILES string of the molecule is CCCCCCCCCCCCCCC(OP(=O)(O)O)(C(=O)O)C(CO)OC1CC[C@@]2(C)C(=CCC3C2CC[C@@]2(C)C3CC[C@@H]2[C@H](C)CCCC(C)C)C1. The van der Waals surface area contributed by atoms with Gasteiger partial charge >= 0.3 is 13.8 Å². The number of aliphatic carboxylic acids is 1. The molecule has 0 bridgehead atoms. The number of carboxylic acids is 1. The van der Waals surface area contributed by atoms with Crippen molar-refractivity contribution >= 4 is 13.8 Å². The molecule has 0 heterocycles. The predicted molar refractivity (Wildman–Crippen MR) is 218 cm³/mol. The third kappa shape index (κ3) is 11.5. The summed E-state index contributed by atoms with van der Waals surface area (Å²) in [5.74, 6) is 2.95. The number of carboxylic acid groups (broad SMARTS) is 1. The number of fused-ring (bicyclic) bond motifs is 5. The highest BCUT2D eigenvalue weighted by Crippen LogP contribution is 2.67. The number of aliphatic hydroxyl groups excluding tert-OH is 1. The lowest BCUT2D eigenvalue weighted by molar-refractivity contribution is -0.190. The largest absolute Gasteiger partial charge is 0.479 e. The molecule has 0 aliphatic heterocycles. The monoisotopic (exact) mass is 781 g/mol. The van der Waals surface area contributed by atoms with Gasteiger partial charge in [0.1, 0.15) is 6.10 Å². The van der Waals surface area contributed by atoms with Crippen LogP contribution in [0.2, 0.25) is 0 Å². The van der Waals surface area contributed by atoms with Crippen molar-refractivity contribution in [1.82, 2.24) is 0 Å². The van der Waals surface area contributed by atoms with E-state index in [4.69, 9.17) is 9.26 Å². The van der Waals surface area contributed by atoms with Gasteiger partial charge in [-0.05, 0) is 111 Å². The number of unbranched alkanes of at least 4 members (excludes halogenated alkanes) is 11. The Hall–Kier alpha value is -0.760. The summed E-state index contributed by atoms with van der Waals surface area (Å²) in [5.41, 5.74) is -0.463. The normalized spacial score (nSPS) is 32.0. The van der Waals surface area contributed by atoms with Crippen LogP contribution in [0.3, 0.4) is 0 Å². The van der Waals surface area contributed by atoms with Crippen molar-refractivity contribution in [3.05, 3.63) is 11.6 Å². The van der Waals surface area contributed by atoms with Crippen molar-refractivity contribution < 1.29 is 38.6 Å². The van der Waals surface area contributed by atoms with Crippen LogP contribution in [0.4, 0.5) is 0 Å². The number of carbonyl (C=O) groups is 1. The quantitative estimate of drug-likeness (QED) is 0.0409. The molecule has 0 aromatic heterocycles. The molecule has 0 spiro atoms. The van der Waals surface area contributed by atoms with Crippen molar-refractivity contribution in [3.63, 3.8) is 0 Å².